The minimum absolute atomic E-state index is 0.890. The third-order valence-corrected chi connectivity index (χ3v) is 3.69. The Morgan fingerprint density at radius 1 is 1.20 bits per heavy atom. The van der Waals surface area contributed by atoms with Gasteiger partial charge in [-0.15, -0.1) is 0 Å². The minimum Gasteiger partial charge on any atom is -0.153 e. The van der Waals surface area contributed by atoms with Gasteiger partial charge in [-0.3, -0.25) is 0 Å². The van der Waals surface area contributed by atoms with E-state index in [0.29, 0.717) is 0 Å². The monoisotopic (exact) mass is 158 g/mol. The molecule has 2 unspecified atom stereocenters. The highest BCUT2D eigenvalue weighted by atomic mass is 32.2. The highest BCUT2D eigenvalue weighted by molar-refractivity contribution is 8.07. The van der Waals surface area contributed by atoms with Crippen LogP contribution in [0, 0.1) is 11.8 Å². The van der Waals surface area contributed by atoms with Crippen LogP contribution in [0.1, 0.15) is 34.1 Å². The predicted molar refractivity (Wildman–Crippen MR) is 49.5 cm³/mol. The summed E-state index contributed by atoms with van der Waals surface area (Å²) in [5.74, 6) is 1.79. The van der Waals surface area contributed by atoms with Gasteiger partial charge >= 0.3 is 0 Å². The molecular weight excluding hydrogens is 140 g/mol. The van der Waals surface area contributed by atoms with E-state index in [1.807, 2.05) is 0 Å². The van der Waals surface area contributed by atoms with Crippen molar-refractivity contribution < 1.29 is 0 Å². The number of hydrogen-bond acceptors (Lipinski definition) is 1. The highest BCUT2D eigenvalue weighted by Gasteiger charge is 2.40. The summed E-state index contributed by atoms with van der Waals surface area (Å²) in [5.41, 5.74) is 0. The summed E-state index contributed by atoms with van der Waals surface area (Å²) in [6.45, 7) is 9.29. The molecule has 60 valence electrons. The van der Waals surface area contributed by atoms with Crippen molar-refractivity contribution >= 4 is 11.8 Å². The molecule has 0 bridgehead atoms. The molecule has 0 aromatic carbocycles. The highest BCUT2D eigenvalue weighted by Crippen LogP contribution is 2.49. The van der Waals surface area contributed by atoms with E-state index < -0.39 is 0 Å². The maximum absolute atomic E-state index is 2.33. The van der Waals surface area contributed by atoms with Crippen molar-refractivity contribution in [3.8, 4) is 0 Å². The van der Waals surface area contributed by atoms with Crippen LogP contribution in [-0.4, -0.2) is 10.5 Å². The van der Waals surface area contributed by atoms with Gasteiger partial charge in [0.2, 0.25) is 0 Å². The van der Waals surface area contributed by atoms with E-state index >= 15 is 0 Å². The number of hydrogen-bond donors (Lipinski definition) is 0. The molecule has 1 fully saturated rings. The maximum Gasteiger partial charge on any atom is 0.0192 e. The summed E-state index contributed by atoms with van der Waals surface area (Å²) in [4.78, 5) is 0. The fraction of sp³-hybridized carbons (Fsp3) is 1.00. The van der Waals surface area contributed by atoms with Crippen molar-refractivity contribution in [2.75, 3.05) is 0 Å². The molecule has 1 heteroatoms. The lowest BCUT2D eigenvalue weighted by molar-refractivity contribution is 0.543. The van der Waals surface area contributed by atoms with Gasteiger partial charge in [0.1, 0.15) is 0 Å². The Kier molecular flexibility index (Phi) is 2.67. The van der Waals surface area contributed by atoms with Crippen LogP contribution >= 0.6 is 11.8 Å². The van der Waals surface area contributed by atoms with Crippen LogP contribution in [0.5, 0.6) is 0 Å². The first-order chi connectivity index (χ1) is 4.61. The molecule has 1 rings (SSSR count). The van der Waals surface area contributed by atoms with Crippen molar-refractivity contribution in [1.29, 1.82) is 0 Å². The predicted octanol–water partition coefficient (Wildman–Crippen LogP) is 3.17. The van der Waals surface area contributed by atoms with Crippen molar-refractivity contribution in [2.24, 2.45) is 11.8 Å². The maximum atomic E-state index is 2.33. The van der Waals surface area contributed by atoms with Gasteiger partial charge < -0.3 is 0 Å². The normalized spacial score (nSPS) is 31.8. The summed E-state index contributed by atoms with van der Waals surface area (Å²) in [7, 11) is 0. The van der Waals surface area contributed by atoms with Gasteiger partial charge in [-0.1, -0.05) is 27.7 Å². The largest absolute Gasteiger partial charge is 0.153 e. The Bertz CT molecular complexity index is 107. The van der Waals surface area contributed by atoms with E-state index in [1.54, 1.807) is 0 Å². The van der Waals surface area contributed by atoms with Gasteiger partial charge in [0.25, 0.3) is 0 Å². The van der Waals surface area contributed by atoms with E-state index in [1.165, 1.54) is 6.42 Å². The van der Waals surface area contributed by atoms with E-state index in [0.717, 1.165) is 22.3 Å². The third-order valence-electron chi connectivity index (χ3n) is 1.98. The van der Waals surface area contributed by atoms with Gasteiger partial charge in [0.05, 0.1) is 0 Å². The fourth-order valence-corrected chi connectivity index (χ4v) is 2.95. The zero-order valence-electron chi connectivity index (χ0n) is 7.42. The van der Waals surface area contributed by atoms with Crippen LogP contribution in [0.2, 0.25) is 0 Å². The Morgan fingerprint density at radius 2 is 1.80 bits per heavy atom. The molecule has 1 saturated heterocycles. The Labute approximate surface area is 68.8 Å². The second kappa shape index (κ2) is 3.17. The lowest BCUT2D eigenvalue weighted by Crippen LogP contribution is -2.04. The first kappa shape index (κ1) is 8.45. The van der Waals surface area contributed by atoms with Crippen LogP contribution in [0.15, 0.2) is 0 Å². The Morgan fingerprint density at radius 3 is 2.10 bits per heavy atom. The van der Waals surface area contributed by atoms with Crippen molar-refractivity contribution in [2.45, 2.75) is 44.6 Å². The van der Waals surface area contributed by atoms with Gasteiger partial charge in [-0.2, -0.15) is 11.8 Å². The average Bonchev–Trinajstić information content (AvgIpc) is 2.43. The van der Waals surface area contributed by atoms with Crippen LogP contribution in [0.25, 0.3) is 0 Å². The molecule has 0 aliphatic carbocycles. The van der Waals surface area contributed by atoms with Gasteiger partial charge in [-0.25, -0.2) is 0 Å². The fourth-order valence-electron chi connectivity index (χ4n) is 1.40. The molecular formula is C9H18S. The molecule has 1 aliphatic heterocycles. The van der Waals surface area contributed by atoms with Gasteiger partial charge in [0, 0.05) is 10.5 Å². The van der Waals surface area contributed by atoms with Crippen LogP contribution in [0.4, 0.5) is 0 Å². The first-order valence-electron chi connectivity index (χ1n) is 4.26. The van der Waals surface area contributed by atoms with Gasteiger partial charge in [-0.05, 0) is 18.3 Å². The molecule has 0 spiro atoms. The first-order valence-corrected chi connectivity index (χ1v) is 5.21. The second-order valence-corrected chi connectivity index (χ2v) is 5.43. The summed E-state index contributed by atoms with van der Waals surface area (Å²) >= 11 is 2.17. The SMILES string of the molecule is CC(C)CC1SC1C(C)C. The van der Waals surface area contributed by atoms with Crippen LogP contribution in [0.3, 0.4) is 0 Å². The molecule has 1 heterocycles. The zero-order valence-corrected chi connectivity index (χ0v) is 8.24. The van der Waals surface area contributed by atoms with E-state index in [9.17, 15) is 0 Å². The molecule has 0 radical (unpaired) electrons. The summed E-state index contributed by atoms with van der Waals surface area (Å²) < 4.78 is 0. The molecule has 0 aromatic rings. The summed E-state index contributed by atoms with van der Waals surface area (Å²) in [6.07, 6.45) is 1.42. The molecule has 0 saturated carbocycles. The number of rotatable bonds is 3. The van der Waals surface area contributed by atoms with E-state index in [-0.39, 0.29) is 0 Å². The quantitative estimate of drug-likeness (QED) is 0.568. The average molecular weight is 158 g/mol. The molecule has 2 atom stereocenters. The summed E-state index contributed by atoms with van der Waals surface area (Å²) in [5, 5.41) is 1.99. The second-order valence-electron chi connectivity index (χ2n) is 4.01. The van der Waals surface area contributed by atoms with Gasteiger partial charge in [0.15, 0.2) is 0 Å². The molecule has 10 heavy (non-hydrogen) atoms. The van der Waals surface area contributed by atoms with Crippen LogP contribution in [-0.2, 0) is 0 Å². The Hall–Kier alpha value is 0.350. The van der Waals surface area contributed by atoms with Crippen molar-refractivity contribution in [1.82, 2.24) is 0 Å². The number of thioether (sulfide) groups is 1. The van der Waals surface area contributed by atoms with Crippen molar-refractivity contribution in [3.05, 3.63) is 0 Å². The lowest BCUT2D eigenvalue weighted by atomic mass is 10.0. The van der Waals surface area contributed by atoms with Crippen molar-refractivity contribution in [3.63, 3.8) is 0 Å². The summed E-state index contributed by atoms with van der Waals surface area (Å²) in [6, 6.07) is 0. The minimum atomic E-state index is 0.890. The molecule has 0 N–H and O–H groups in total. The standard InChI is InChI=1S/C9H18S/c1-6(2)5-8-9(10-8)7(3)4/h6-9H,5H2,1-4H3. The molecule has 1 aliphatic rings. The van der Waals surface area contributed by atoms with Crippen LogP contribution < -0.4 is 0 Å². The molecule has 0 nitrogen and oxygen atoms in total. The van der Waals surface area contributed by atoms with E-state index in [4.69, 9.17) is 0 Å². The smallest absolute Gasteiger partial charge is 0.0192 e. The zero-order chi connectivity index (χ0) is 7.72. The Balaban J connectivity index is 2.13. The third kappa shape index (κ3) is 2.19. The van der Waals surface area contributed by atoms with E-state index in [2.05, 4.69) is 39.5 Å². The lowest BCUT2D eigenvalue weighted by Gasteiger charge is -2.02. The topological polar surface area (TPSA) is 0 Å². The molecule has 0 amide bonds. The molecule has 0 aromatic heterocycles.